The summed E-state index contributed by atoms with van der Waals surface area (Å²) >= 11 is 0. The first kappa shape index (κ1) is 12.8. The molecule has 0 aliphatic rings. The molecule has 0 unspecified atom stereocenters. The highest BCUT2D eigenvalue weighted by Gasteiger charge is 2.30. The van der Waals surface area contributed by atoms with Gasteiger partial charge in [-0.2, -0.15) is 0 Å². The minimum atomic E-state index is -0.484. The van der Waals surface area contributed by atoms with Gasteiger partial charge in [0.1, 0.15) is 0 Å². The quantitative estimate of drug-likeness (QED) is 0.768. The largest absolute Gasteiger partial charge is 0.297 e. The van der Waals surface area contributed by atoms with Crippen LogP contribution in [-0.4, -0.2) is 30.3 Å². The molecule has 2 heteroatoms. The minimum Gasteiger partial charge on any atom is -0.297 e. The topological polar surface area (TPSA) is 20.3 Å². The predicted octanol–water partition coefficient (Wildman–Crippen LogP) is 3.36. The first-order chi connectivity index (χ1) is 8.43. The monoisotopic (exact) mass is 241 g/mol. The van der Waals surface area contributed by atoms with E-state index in [-0.39, 0.29) is 5.78 Å². The van der Waals surface area contributed by atoms with Gasteiger partial charge in [-0.15, -0.1) is 0 Å². The first-order valence-corrected chi connectivity index (χ1v) is 6.14. The second-order valence-electron chi connectivity index (χ2n) is 5.34. The number of hydrogen-bond donors (Lipinski definition) is 0. The van der Waals surface area contributed by atoms with Crippen molar-refractivity contribution < 1.29 is 4.79 Å². The van der Waals surface area contributed by atoms with Crippen molar-refractivity contribution >= 4 is 16.6 Å². The van der Waals surface area contributed by atoms with E-state index in [1.54, 1.807) is 0 Å². The first-order valence-electron chi connectivity index (χ1n) is 6.14. The lowest BCUT2D eigenvalue weighted by Gasteiger charge is -2.31. The summed E-state index contributed by atoms with van der Waals surface area (Å²) in [6.07, 6.45) is 0. The van der Waals surface area contributed by atoms with Crippen LogP contribution in [0.1, 0.15) is 24.2 Å². The average molecular weight is 241 g/mol. The Morgan fingerprint density at radius 2 is 1.61 bits per heavy atom. The third kappa shape index (κ3) is 2.16. The molecule has 0 bridgehead atoms. The van der Waals surface area contributed by atoms with Crippen LogP contribution < -0.4 is 0 Å². The van der Waals surface area contributed by atoms with Crippen LogP contribution in [0.3, 0.4) is 0 Å². The van der Waals surface area contributed by atoms with Crippen molar-refractivity contribution in [2.24, 2.45) is 0 Å². The number of rotatable bonds is 3. The highest BCUT2D eigenvalue weighted by atomic mass is 16.1. The van der Waals surface area contributed by atoms with Crippen molar-refractivity contribution in [3.8, 4) is 0 Å². The molecule has 2 rings (SSSR count). The predicted molar refractivity (Wildman–Crippen MR) is 76.0 cm³/mol. The number of Topliss-reactive ketones (excluding diaryl/α,β-unsaturated/α-hetero) is 1. The normalized spacial score (nSPS) is 12.1. The van der Waals surface area contributed by atoms with Gasteiger partial charge in [-0.1, -0.05) is 36.4 Å². The number of benzene rings is 2. The van der Waals surface area contributed by atoms with Crippen molar-refractivity contribution in [3.05, 3.63) is 48.0 Å². The molecule has 2 aromatic rings. The van der Waals surface area contributed by atoms with Gasteiger partial charge in [-0.25, -0.2) is 0 Å². The summed E-state index contributed by atoms with van der Waals surface area (Å²) in [7, 11) is 3.86. The van der Waals surface area contributed by atoms with E-state index in [9.17, 15) is 4.79 Å². The lowest BCUT2D eigenvalue weighted by atomic mass is 9.91. The van der Waals surface area contributed by atoms with Gasteiger partial charge >= 0.3 is 0 Å². The van der Waals surface area contributed by atoms with Crippen molar-refractivity contribution in [3.63, 3.8) is 0 Å². The SMILES string of the molecule is CN(C)C(C)(C)C(=O)c1ccc2ccccc2c1. The Bertz CT molecular complexity index is 584. The summed E-state index contributed by atoms with van der Waals surface area (Å²) < 4.78 is 0. The number of carbonyl (C=O) groups is 1. The van der Waals surface area contributed by atoms with E-state index in [1.165, 1.54) is 0 Å². The smallest absolute Gasteiger partial charge is 0.182 e. The van der Waals surface area contributed by atoms with Crippen molar-refractivity contribution in [1.29, 1.82) is 0 Å². The number of ketones is 1. The van der Waals surface area contributed by atoms with Gasteiger partial charge in [-0.05, 0) is 44.8 Å². The van der Waals surface area contributed by atoms with E-state index in [0.29, 0.717) is 0 Å². The molecule has 0 N–H and O–H groups in total. The maximum absolute atomic E-state index is 12.5. The Labute approximate surface area is 108 Å². The molecule has 0 fully saturated rings. The molecule has 0 saturated carbocycles. The number of nitrogens with zero attached hydrogens (tertiary/aromatic N) is 1. The lowest BCUT2D eigenvalue weighted by molar-refractivity contribution is 0.0755. The third-order valence-corrected chi connectivity index (χ3v) is 3.69. The summed E-state index contributed by atoms with van der Waals surface area (Å²) in [5.74, 6) is 0.151. The molecular weight excluding hydrogens is 222 g/mol. The zero-order chi connectivity index (χ0) is 13.3. The zero-order valence-corrected chi connectivity index (χ0v) is 11.4. The Morgan fingerprint density at radius 3 is 2.22 bits per heavy atom. The molecular formula is C16H19NO. The van der Waals surface area contributed by atoms with Crippen LogP contribution in [0.4, 0.5) is 0 Å². The van der Waals surface area contributed by atoms with Crippen LogP contribution in [0.5, 0.6) is 0 Å². The Kier molecular flexibility index (Phi) is 3.22. The Hall–Kier alpha value is -1.67. The summed E-state index contributed by atoms with van der Waals surface area (Å²) in [4.78, 5) is 14.5. The van der Waals surface area contributed by atoms with E-state index in [0.717, 1.165) is 16.3 Å². The van der Waals surface area contributed by atoms with Gasteiger partial charge in [-0.3, -0.25) is 9.69 Å². The maximum Gasteiger partial charge on any atom is 0.182 e. The minimum absolute atomic E-state index is 0.151. The van der Waals surface area contributed by atoms with Crippen LogP contribution in [-0.2, 0) is 0 Å². The molecule has 0 atom stereocenters. The molecule has 0 radical (unpaired) electrons. The molecule has 0 amide bonds. The Balaban J connectivity index is 2.46. The summed E-state index contributed by atoms with van der Waals surface area (Å²) in [6, 6.07) is 14.0. The number of hydrogen-bond acceptors (Lipinski definition) is 2. The fourth-order valence-corrected chi connectivity index (χ4v) is 1.89. The standard InChI is InChI=1S/C16H19NO/c1-16(2,17(3)4)15(18)14-10-9-12-7-5-6-8-13(12)11-14/h5-11H,1-4H3. The van der Waals surface area contributed by atoms with Crippen LogP contribution in [0.15, 0.2) is 42.5 Å². The van der Waals surface area contributed by atoms with Gasteiger partial charge in [0.25, 0.3) is 0 Å². The van der Waals surface area contributed by atoms with E-state index >= 15 is 0 Å². The zero-order valence-electron chi connectivity index (χ0n) is 11.4. The fourth-order valence-electron chi connectivity index (χ4n) is 1.89. The molecule has 0 aromatic heterocycles. The van der Waals surface area contributed by atoms with Gasteiger partial charge in [0.2, 0.25) is 0 Å². The van der Waals surface area contributed by atoms with Crippen LogP contribution in [0.25, 0.3) is 10.8 Å². The van der Waals surface area contributed by atoms with Crippen LogP contribution >= 0.6 is 0 Å². The molecule has 94 valence electrons. The number of likely N-dealkylation sites (N-methyl/N-ethyl adjacent to an activating group) is 1. The fraction of sp³-hybridized carbons (Fsp3) is 0.312. The third-order valence-electron chi connectivity index (χ3n) is 3.69. The molecule has 0 heterocycles. The average Bonchev–Trinajstić information content (AvgIpc) is 2.37. The Morgan fingerprint density at radius 1 is 1.00 bits per heavy atom. The molecule has 0 aliphatic carbocycles. The highest BCUT2D eigenvalue weighted by molar-refractivity contribution is 6.05. The molecule has 0 spiro atoms. The van der Waals surface area contributed by atoms with E-state index in [1.807, 2.05) is 69.2 Å². The van der Waals surface area contributed by atoms with Crippen LogP contribution in [0, 0.1) is 0 Å². The second kappa shape index (κ2) is 4.54. The maximum atomic E-state index is 12.5. The highest BCUT2D eigenvalue weighted by Crippen LogP contribution is 2.21. The summed E-state index contributed by atoms with van der Waals surface area (Å²) in [5.41, 5.74) is 0.287. The number of fused-ring (bicyclic) bond motifs is 1. The molecule has 0 saturated heterocycles. The van der Waals surface area contributed by atoms with Gasteiger partial charge in [0.05, 0.1) is 5.54 Å². The van der Waals surface area contributed by atoms with E-state index in [4.69, 9.17) is 0 Å². The van der Waals surface area contributed by atoms with Crippen LogP contribution in [0.2, 0.25) is 0 Å². The van der Waals surface area contributed by atoms with Crippen molar-refractivity contribution in [1.82, 2.24) is 4.90 Å². The lowest BCUT2D eigenvalue weighted by Crippen LogP contribution is -2.45. The van der Waals surface area contributed by atoms with Gasteiger partial charge < -0.3 is 0 Å². The summed E-state index contributed by atoms with van der Waals surface area (Å²) in [6.45, 7) is 3.90. The van der Waals surface area contributed by atoms with Gasteiger partial charge in [0, 0.05) is 5.56 Å². The van der Waals surface area contributed by atoms with E-state index < -0.39 is 5.54 Å². The molecule has 2 nitrogen and oxygen atoms in total. The van der Waals surface area contributed by atoms with Gasteiger partial charge in [0.15, 0.2) is 5.78 Å². The van der Waals surface area contributed by atoms with Crippen molar-refractivity contribution in [2.75, 3.05) is 14.1 Å². The number of carbonyl (C=O) groups excluding carboxylic acids is 1. The molecule has 2 aromatic carbocycles. The summed E-state index contributed by atoms with van der Waals surface area (Å²) in [5, 5.41) is 2.27. The molecule has 18 heavy (non-hydrogen) atoms. The second-order valence-corrected chi connectivity index (χ2v) is 5.34. The van der Waals surface area contributed by atoms with E-state index in [2.05, 4.69) is 6.07 Å². The van der Waals surface area contributed by atoms with Crippen molar-refractivity contribution in [2.45, 2.75) is 19.4 Å². The molecule has 0 aliphatic heterocycles.